The fraction of sp³-hybridized carbons (Fsp3) is 0.857. The molecule has 2 rings (SSSR count). The minimum absolute atomic E-state index is 0.0308. The summed E-state index contributed by atoms with van der Waals surface area (Å²) < 4.78 is 0. The van der Waals surface area contributed by atoms with Crippen LogP contribution in [0.15, 0.2) is 0 Å². The van der Waals surface area contributed by atoms with Gasteiger partial charge in [-0.05, 0) is 25.7 Å². The van der Waals surface area contributed by atoms with E-state index in [0.29, 0.717) is 6.54 Å². The number of nitrogens with one attached hydrogen (secondary N) is 2. The highest BCUT2D eigenvalue weighted by Gasteiger charge is 2.27. The molecule has 0 radical (unpaired) electrons. The summed E-state index contributed by atoms with van der Waals surface area (Å²) in [6, 6.07) is 0.182. The fourth-order valence-corrected chi connectivity index (χ4v) is 3.15. The zero-order valence-corrected chi connectivity index (χ0v) is 12.1. The van der Waals surface area contributed by atoms with Crippen LogP contribution >= 0.6 is 0 Å². The molecule has 2 fully saturated rings. The van der Waals surface area contributed by atoms with E-state index in [4.69, 9.17) is 5.73 Å². The first-order valence-corrected chi connectivity index (χ1v) is 7.74. The molecular formula is C14H26N4O2. The lowest BCUT2D eigenvalue weighted by atomic mass is 9.96. The Labute approximate surface area is 120 Å². The van der Waals surface area contributed by atoms with Crippen molar-refractivity contribution in [3.63, 3.8) is 0 Å². The number of carbonyl (C=O) groups is 2. The number of hydrogen-bond acceptors (Lipinski definition) is 3. The molecule has 1 atom stereocenters. The van der Waals surface area contributed by atoms with Crippen LogP contribution in [0.5, 0.6) is 0 Å². The molecule has 1 aliphatic heterocycles. The number of amides is 3. The minimum atomic E-state index is -0.228. The normalized spacial score (nSPS) is 23.6. The summed E-state index contributed by atoms with van der Waals surface area (Å²) in [6.45, 7) is 1.32. The molecule has 0 aromatic rings. The highest BCUT2D eigenvalue weighted by molar-refractivity contribution is 5.84. The summed E-state index contributed by atoms with van der Waals surface area (Å²) >= 11 is 0. The summed E-state index contributed by atoms with van der Waals surface area (Å²) in [7, 11) is 0. The first-order valence-electron chi connectivity index (χ1n) is 7.74. The quantitative estimate of drug-likeness (QED) is 0.704. The van der Waals surface area contributed by atoms with E-state index >= 15 is 0 Å². The third-order valence-electron chi connectivity index (χ3n) is 4.31. The number of likely N-dealkylation sites (tertiary alicyclic amines) is 1. The molecule has 1 aliphatic carbocycles. The molecule has 4 N–H and O–H groups in total. The third kappa shape index (κ3) is 4.10. The second-order valence-electron chi connectivity index (χ2n) is 5.78. The van der Waals surface area contributed by atoms with Crippen LogP contribution in [-0.2, 0) is 4.79 Å². The Bertz CT molecular complexity index is 342. The van der Waals surface area contributed by atoms with Crippen LogP contribution in [0.2, 0.25) is 0 Å². The fourth-order valence-electron chi connectivity index (χ4n) is 3.15. The molecule has 0 aromatic carbocycles. The number of nitrogens with zero attached hydrogens (tertiary/aromatic N) is 1. The van der Waals surface area contributed by atoms with Crippen molar-refractivity contribution in [2.45, 2.75) is 57.0 Å². The summed E-state index contributed by atoms with van der Waals surface area (Å²) in [5.74, 6) is -0.0308. The van der Waals surface area contributed by atoms with Gasteiger partial charge < -0.3 is 21.3 Å². The van der Waals surface area contributed by atoms with E-state index in [1.54, 1.807) is 4.90 Å². The summed E-state index contributed by atoms with van der Waals surface area (Å²) in [5.41, 5.74) is 5.65. The molecule has 6 heteroatoms. The van der Waals surface area contributed by atoms with E-state index in [9.17, 15) is 9.59 Å². The van der Waals surface area contributed by atoms with Gasteiger partial charge in [0.2, 0.25) is 5.91 Å². The van der Waals surface area contributed by atoms with Gasteiger partial charge in [0.1, 0.15) is 0 Å². The molecule has 0 spiro atoms. The lowest BCUT2D eigenvalue weighted by molar-refractivity contribution is -0.130. The van der Waals surface area contributed by atoms with Gasteiger partial charge in [0.25, 0.3) is 0 Å². The second-order valence-corrected chi connectivity index (χ2v) is 5.78. The molecule has 3 amide bonds. The Morgan fingerprint density at radius 1 is 1.10 bits per heavy atom. The molecular weight excluding hydrogens is 256 g/mol. The van der Waals surface area contributed by atoms with Gasteiger partial charge in [0, 0.05) is 25.2 Å². The predicted molar refractivity (Wildman–Crippen MR) is 77.2 cm³/mol. The van der Waals surface area contributed by atoms with E-state index in [-0.39, 0.29) is 30.6 Å². The smallest absolute Gasteiger partial charge is 0.315 e. The van der Waals surface area contributed by atoms with Gasteiger partial charge in [-0.3, -0.25) is 4.79 Å². The average Bonchev–Trinajstić information content (AvgIpc) is 2.94. The highest BCUT2D eigenvalue weighted by atomic mass is 16.2. The Morgan fingerprint density at radius 2 is 1.85 bits per heavy atom. The predicted octanol–water partition coefficient (Wildman–Crippen LogP) is 0.568. The molecule has 2 aliphatic rings. The maximum Gasteiger partial charge on any atom is 0.315 e. The van der Waals surface area contributed by atoms with E-state index in [1.807, 2.05) is 0 Å². The van der Waals surface area contributed by atoms with Crippen LogP contribution in [0, 0.1) is 0 Å². The number of nitrogens with two attached hydrogens (primary N) is 1. The lowest BCUT2D eigenvalue weighted by Gasteiger charge is -2.25. The number of hydrogen-bond donors (Lipinski definition) is 3. The largest absolute Gasteiger partial charge is 0.337 e. The zero-order valence-electron chi connectivity index (χ0n) is 12.1. The molecule has 1 unspecified atom stereocenters. The maximum absolute atomic E-state index is 12.0. The van der Waals surface area contributed by atoms with Crippen molar-refractivity contribution in [3.8, 4) is 0 Å². The highest BCUT2D eigenvalue weighted by Crippen LogP contribution is 2.17. The van der Waals surface area contributed by atoms with Crippen molar-refractivity contribution in [3.05, 3.63) is 0 Å². The van der Waals surface area contributed by atoms with Crippen LogP contribution in [0.1, 0.15) is 44.9 Å². The standard InChI is InChI=1S/C14H26N4O2/c15-9-12-7-4-8-18(12)13(19)10-16-14(20)17-11-5-2-1-3-6-11/h11-12H,1-10,15H2,(H2,16,17,20). The van der Waals surface area contributed by atoms with Crippen LogP contribution in [0.25, 0.3) is 0 Å². The molecule has 1 saturated heterocycles. The van der Waals surface area contributed by atoms with Crippen molar-refractivity contribution in [2.75, 3.05) is 19.6 Å². The van der Waals surface area contributed by atoms with Crippen LogP contribution in [0.3, 0.4) is 0 Å². The molecule has 1 heterocycles. The monoisotopic (exact) mass is 282 g/mol. The SMILES string of the molecule is NCC1CCCN1C(=O)CNC(=O)NC1CCCCC1. The van der Waals surface area contributed by atoms with E-state index < -0.39 is 0 Å². The molecule has 20 heavy (non-hydrogen) atoms. The van der Waals surface area contributed by atoms with Gasteiger partial charge in [-0.2, -0.15) is 0 Å². The first kappa shape index (κ1) is 15.1. The Hall–Kier alpha value is -1.30. The topological polar surface area (TPSA) is 87.5 Å². The molecule has 0 aromatic heterocycles. The average molecular weight is 282 g/mol. The van der Waals surface area contributed by atoms with Gasteiger partial charge >= 0.3 is 6.03 Å². The Kier molecular flexibility index (Phi) is 5.64. The van der Waals surface area contributed by atoms with Crippen LogP contribution < -0.4 is 16.4 Å². The lowest BCUT2D eigenvalue weighted by Crippen LogP contribution is -2.48. The van der Waals surface area contributed by atoms with Crippen molar-refractivity contribution in [2.24, 2.45) is 5.73 Å². The molecule has 0 bridgehead atoms. The van der Waals surface area contributed by atoms with E-state index in [0.717, 1.165) is 32.2 Å². The molecule has 114 valence electrons. The van der Waals surface area contributed by atoms with Crippen LogP contribution in [0.4, 0.5) is 4.79 Å². The van der Waals surface area contributed by atoms with Crippen molar-refractivity contribution in [1.29, 1.82) is 0 Å². The van der Waals surface area contributed by atoms with E-state index in [1.165, 1.54) is 19.3 Å². The van der Waals surface area contributed by atoms with Crippen molar-refractivity contribution in [1.82, 2.24) is 15.5 Å². The summed E-state index contributed by atoms with van der Waals surface area (Å²) in [4.78, 5) is 25.6. The van der Waals surface area contributed by atoms with Crippen molar-refractivity contribution < 1.29 is 9.59 Å². The molecule has 6 nitrogen and oxygen atoms in total. The second kappa shape index (κ2) is 7.47. The van der Waals surface area contributed by atoms with E-state index in [2.05, 4.69) is 10.6 Å². The number of rotatable bonds is 4. The third-order valence-corrected chi connectivity index (χ3v) is 4.31. The molecule has 1 saturated carbocycles. The van der Waals surface area contributed by atoms with Gasteiger partial charge in [0.05, 0.1) is 6.54 Å². The first-order chi connectivity index (χ1) is 9.70. The van der Waals surface area contributed by atoms with Gasteiger partial charge in [-0.1, -0.05) is 19.3 Å². The van der Waals surface area contributed by atoms with Gasteiger partial charge in [-0.25, -0.2) is 4.79 Å². The summed E-state index contributed by atoms with van der Waals surface area (Å²) in [5, 5.41) is 5.61. The Morgan fingerprint density at radius 3 is 2.55 bits per heavy atom. The number of carbonyl (C=O) groups excluding carboxylic acids is 2. The Balaban J connectivity index is 1.68. The number of urea groups is 1. The van der Waals surface area contributed by atoms with Crippen molar-refractivity contribution >= 4 is 11.9 Å². The van der Waals surface area contributed by atoms with Gasteiger partial charge in [0.15, 0.2) is 0 Å². The maximum atomic E-state index is 12.0. The van der Waals surface area contributed by atoms with Crippen LogP contribution in [-0.4, -0.2) is 48.6 Å². The zero-order chi connectivity index (χ0) is 14.4. The van der Waals surface area contributed by atoms with Gasteiger partial charge in [-0.15, -0.1) is 0 Å². The summed E-state index contributed by atoms with van der Waals surface area (Å²) in [6.07, 6.45) is 7.67. The minimum Gasteiger partial charge on any atom is -0.337 e.